The Morgan fingerprint density at radius 2 is 1.81 bits per heavy atom. The van der Waals surface area contributed by atoms with Gasteiger partial charge in [0, 0.05) is 50.7 Å². The van der Waals surface area contributed by atoms with E-state index in [1.165, 1.54) is 0 Å². The van der Waals surface area contributed by atoms with Gasteiger partial charge in [-0.2, -0.15) is 0 Å². The molecule has 2 aromatic rings. The molecule has 1 N–H and O–H groups in total. The number of sulfonamides is 1. The van der Waals surface area contributed by atoms with Crippen LogP contribution in [0.1, 0.15) is 49.7 Å². The first kappa shape index (κ1) is 21.8. The standard InChI is InChI=1S/C23H29N3O4S/c1-16-5-7-21(8-6-16)31(28,29)25-19-14-20(15-19)30-23-22(4-3-11-24-23)18-9-12-26(13-10-18)17(2)27/h3-8,11,18-20,25H,9-10,12-15H2,1-2H3. The second-order valence-corrected chi connectivity index (χ2v) is 10.2. The number of aromatic nitrogens is 1. The molecule has 4 rings (SSSR count). The summed E-state index contributed by atoms with van der Waals surface area (Å²) in [6.07, 6.45) is 4.68. The van der Waals surface area contributed by atoms with Gasteiger partial charge in [0.05, 0.1) is 4.90 Å². The van der Waals surface area contributed by atoms with Crippen molar-refractivity contribution in [3.8, 4) is 5.88 Å². The zero-order valence-electron chi connectivity index (χ0n) is 18.0. The van der Waals surface area contributed by atoms with Crippen LogP contribution in [0, 0.1) is 6.92 Å². The molecule has 1 aromatic heterocycles. The number of hydrogen-bond donors (Lipinski definition) is 1. The summed E-state index contributed by atoms with van der Waals surface area (Å²) in [7, 11) is -3.52. The number of hydrogen-bond acceptors (Lipinski definition) is 5. The zero-order valence-corrected chi connectivity index (χ0v) is 18.8. The Balaban J connectivity index is 1.33. The second kappa shape index (κ2) is 8.96. The number of ether oxygens (including phenoxy) is 1. The van der Waals surface area contributed by atoms with Crippen LogP contribution in [-0.2, 0) is 14.8 Å². The highest BCUT2D eigenvalue weighted by atomic mass is 32.2. The third-order valence-electron chi connectivity index (χ3n) is 6.21. The number of carbonyl (C=O) groups is 1. The molecule has 1 amide bonds. The number of benzene rings is 1. The summed E-state index contributed by atoms with van der Waals surface area (Å²) >= 11 is 0. The number of likely N-dealkylation sites (tertiary alicyclic amines) is 1. The van der Waals surface area contributed by atoms with Crippen molar-refractivity contribution in [3.05, 3.63) is 53.7 Å². The number of carbonyl (C=O) groups excluding carboxylic acids is 1. The highest BCUT2D eigenvalue weighted by Gasteiger charge is 2.35. The first-order valence-corrected chi connectivity index (χ1v) is 12.3. The lowest BCUT2D eigenvalue weighted by atomic mass is 9.88. The molecular formula is C23H29N3O4S. The van der Waals surface area contributed by atoms with Crippen LogP contribution in [-0.4, -0.2) is 49.4 Å². The van der Waals surface area contributed by atoms with E-state index in [1.807, 2.05) is 24.0 Å². The number of rotatable bonds is 6. The van der Waals surface area contributed by atoms with E-state index < -0.39 is 10.0 Å². The Morgan fingerprint density at radius 1 is 1.13 bits per heavy atom. The molecule has 2 fully saturated rings. The van der Waals surface area contributed by atoms with Gasteiger partial charge in [0.25, 0.3) is 0 Å². The fourth-order valence-corrected chi connectivity index (χ4v) is 5.50. The molecule has 7 nitrogen and oxygen atoms in total. The summed E-state index contributed by atoms with van der Waals surface area (Å²) in [6.45, 7) is 5.04. The number of pyridine rings is 1. The molecule has 0 bridgehead atoms. The quantitative estimate of drug-likeness (QED) is 0.741. The van der Waals surface area contributed by atoms with E-state index in [-0.39, 0.29) is 22.9 Å². The van der Waals surface area contributed by atoms with E-state index >= 15 is 0 Å². The van der Waals surface area contributed by atoms with Crippen molar-refractivity contribution in [1.82, 2.24) is 14.6 Å². The average Bonchev–Trinajstić information content (AvgIpc) is 2.73. The molecular weight excluding hydrogens is 414 g/mol. The first-order chi connectivity index (χ1) is 14.8. The van der Waals surface area contributed by atoms with E-state index in [1.54, 1.807) is 37.4 Å². The number of nitrogens with zero attached hydrogens (tertiary/aromatic N) is 2. The Kier molecular flexibility index (Phi) is 6.29. The molecule has 8 heteroatoms. The molecule has 0 atom stereocenters. The van der Waals surface area contributed by atoms with Gasteiger partial charge >= 0.3 is 0 Å². The van der Waals surface area contributed by atoms with Crippen molar-refractivity contribution in [1.29, 1.82) is 0 Å². The average molecular weight is 444 g/mol. The summed E-state index contributed by atoms with van der Waals surface area (Å²) in [4.78, 5) is 18.2. The smallest absolute Gasteiger partial charge is 0.240 e. The van der Waals surface area contributed by atoms with Crippen molar-refractivity contribution in [2.45, 2.75) is 62.5 Å². The van der Waals surface area contributed by atoms with Gasteiger partial charge in [-0.05, 0) is 43.9 Å². The van der Waals surface area contributed by atoms with Crippen LogP contribution in [0.5, 0.6) is 5.88 Å². The summed E-state index contributed by atoms with van der Waals surface area (Å²) < 4.78 is 34.0. The third-order valence-corrected chi connectivity index (χ3v) is 7.74. The molecule has 2 heterocycles. The number of aryl methyl sites for hydroxylation is 1. The minimum absolute atomic E-state index is 0.0586. The van der Waals surface area contributed by atoms with E-state index in [0.29, 0.717) is 24.6 Å². The Labute approximate surface area is 183 Å². The summed E-state index contributed by atoms with van der Waals surface area (Å²) in [5, 5.41) is 0. The fraction of sp³-hybridized carbons (Fsp3) is 0.478. The maximum atomic E-state index is 12.6. The van der Waals surface area contributed by atoms with E-state index in [4.69, 9.17) is 4.74 Å². The van der Waals surface area contributed by atoms with Crippen LogP contribution in [0.2, 0.25) is 0 Å². The van der Waals surface area contributed by atoms with Crippen LogP contribution >= 0.6 is 0 Å². The van der Waals surface area contributed by atoms with Crippen LogP contribution in [0.3, 0.4) is 0 Å². The van der Waals surface area contributed by atoms with Crippen molar-refractivity contribution < 1.29 is 17.9 Å². The lowest BCUT2D eigenvalue weighted by Gasteiger charge is -2.36. The molecule has 1 aliphatic carbocycles. The molecule has 31 heavy (non-hydrogen) atoms. The van der Waals surface area contributed by atoms with Gasteiger partial charge in [0.1, 0.15) is 6.10 Å². The zero-order chi connectivity index (χ0) is 22.0. The fourth-order valence-electron chi connectivity index (χ4n) is 4.24. The predicted molar refractivity (Wildman–Crippen MR) is 117 cm³/mol. The van der Waals surface area contributed by atoms with E-state index in [2.05, 4.69) is 9.71 Å². The van der Waals surface area contributed by atoms with Gasteiger partial charge in [-0.3, -0.25) is 4.79 Å². The molecule has 0 spiro atoms. The highest BCUT2D eigenvalue weighted by molar-refractivity contribution is 7.89. The lowest BCUT2D eigenvalue weighted by Crippen LogP contribution is -2.49. The van der Waals surface area contributed by atoms with Crippen LogP contribution in [0.4, 0.5) is 0 Å². The second-order valence-electron chi connectivity index (χ2n) is 8.52. The SMILES string of the molecule is CC(=O)N1CCC(c2cccnc2OC2CC(NS(=O)(=O)c3ccc(C)cc3)C2)CC1. The van der Waals surface area contributed by atoms with Gasteiger partial charge < -0.3 is 9.64 Å². The maximum absolute atomic E-state index is 12.6. The normalized spacial score (nSPS) is 22.1. The maximum Gasteiger partial charge on any atom is 0.240 e. The monoisotopic (exact) mass is 443 g/mol. The van der Waals surface area contributed by atoms with Crippen molar-refractivity contribution in [2.75, 3.05) is 13.1 Å². The molecule has 166 valence electrons. The molecule has 2 aliphatic rings. The summed E-state index contributed by atoms with van der Waals surface area (Å²) in [6, 6.07) is 10.7. The topological polar surface area (TPSA) is 88.6 Å². The van der Waals surface area contributed by atoms with Crippen LogP contribution in [0.25, 0.3) is 0 Å². The minimum atomic E-state index is -3.52. The minimum Gasteiger partial charge on any atom is -0.474 e. The third kappa shape index (κ3) is 5.07. The largest absolute Gasteiger partial charge is 0.474 e. The molecule has 0 radical (unpaired) electrons. The van der Waals surface area contributed by atoms with Gasteiger partial charge in [0.2, 0.25) is 21.8 Å². The Morgan fingerprint density at radius 3 is 2.45 bits per heavy atom. The lowest BCUT2D eigenvalue weighted by molar-refractivity contribution is -0.129. The predicted octanol–water partition coefficient (Wildman–Crippen LogP) is 3.00. The number of piperidine rings is 1. The van der Waals surface area contributed by atoms with Crippen molar-refractivity contribution in [2.24, 2.45) is 0 Å². The van der Waals surface area contributed by atoms with Gasteiger partial charge in [-0.25, -0.2) is 18.1 Å². The van der Waals surface area contributed by atoms with Crippen LogP contribution in [0.15, 0.2) is 47.5 Å². The van der Waals surface area contributed by atoms with Gasteiger partial charge in [0.15, 0.2) is 0 Å². The van der Waals surface area contributed by atoms with E-state index in [9.17, 15) is 13.2 Å². The Bertz CT molecular complexity index is 1030. The summed E-state index contributed by atoms with van der Waals surface area (Å²) in [5.41, 5.74) is 2.10. The molecule has 1 saturated carbocycles. The molecule has 1 aliphatic heterocycles. The van der Waals surface area contributed by atoms with Gasteiger partial charge in [-0.15, -0.1) is 0 Å². The van der Waals surface area contributed by atoms with E-state index in [0.717, 1.165) is 37.1 Å². The molecule has 1 aromatic carbocycles. The summed E-state index contributed by atoms with van der Waals surface area (Å²) in [5.74, 6) is 1.07. The number of amides is 1. The Hall–Kier alpha value is -2.45. The van der Waals surface area contributed by atoms with Crippen LogP contribution < -0.4 is 9.46 Å². The van der Waals surface area contributed by atoms with Crippen molar-refractivity contribution >= 4 is 15.9 Å². The van der Waals surface area contributed by atoms with Crippen molar-refractivity contribution in [3.63, 3.8) is 0 Å². The van der Waals surface area contributed by atoms with Gasteiger partial charge in [-0.1, -0.05) is 23.8 Å². The molecule has 0 unspecified atom stereocenters. The molecule has 1 saturated heterocycles. The first-order valence-electron chi connectivity index (χ1n) is 10.8. The number of nitrogens with one attached hydrogen (secondary N) is 1. The highest BCUT2D eigenvalue weighted by Crippen LogP contribution is 2.35.